The van der Waals surface area contributed by atoms with Gasteiger partial charge in [0.05, 0.1) is 0 Å². The van der Waals surface area contributed by atoms with Crippen LogP contribution in [0.4, 0.5) is 0 Å². The average molecular weight is 325 g/mol. The zero-order valence-corrected chi connectivity index (χ0v) is 15.1. The Bertz CT molecular complexity index is 691. The lowest BCUT2D eigenvalue weighted by Gasteiger charge is -2.43. The summed E-state index contributed by atoms with van der Waals surface area (Å²) in [6, 6.07) is 8.26. The van der Waals surface area contributed by atoms with Crippen LogP contribution in [0.3, 0.4) is 0 Å². The van der Waals surface area contributed by atoms with Crippen LogP contribution in [-0.4, -0.2) is 33.6 Å². The number of carbonyl (C=O) groups is 1. The van der Waals surface area contributed by atoms with Crippen molar-refractivity contribution in [1.82, 2.24) is 4.90 Å². The highest BCUT2D eigenvalue weighted by Crippen LogP contribution is 2.42. The molecule has 128 valence electrons. The first-order chi connectivity index (χ1) is 11.2. The first-order valence-electron chi connectivity index (χ1n) is 8.83. The molecule has 1 aromatic rings. The molecule has 3 nitrogen and oxygen atoms in total. The van der Waals surface area contributed by atoms with Gasteiger partial charge in [-0.3, -0.25) is 4.79 Å². The molecule has 2 fully saturated rings. The maximum absolute atomic E-state index is 12.7. The van der Waals surface area contributed by atoms with Crippen LogP contribution in [0.25, 0.3) is 0 Å². The van der Waals surface area contributed by atoms with E-state index in [1.807, 2.05) is 56.9 Å². The molecular weight excluding hydrogens is 298 g/mol. The molecule has 0 aromatic heterocycles. The van der Waals surface area contributed by atoms with Crippen molar-refractivity contribution in [2.45, 2.75) is 71.1 Å². The lowest BCUT2D eigenvalue weighted by Crippen LogP contribution is -2.55. The molecule has 2 aliphatic rings. The predicted molar refractivity (Wildman–Crippen MR) is 95.4 cm³/mol. The third-order valence-corrected chi connectivity index (χ3v) is 5.10. The largest absolute Gasteiger partial charge is 0.377 e. The lowest BCUT2D eigenvalue weighted by molar-refractivity contribution is -0.147. The Morgan fingerprint density at radius 2 is 1.88 bits per heavy atom. The Hall–Kier alpha value is -1.79. The molecule has 2 bridgehead atoms. The minimum Gasteiger partial charge on any atom is -0.377 e. The Kier molecular flexibility index (Phi) is 4.21. The van der Waals surface area contributed by atoms with Gasteiger partial charge in [0, 0.05) is 35.9 Å². The van der Waals surface area contributed by atoms with Crippen LogP contribution < -0.4 is 0 Å². The number of carbonyl (C=O) groups excluding carboxylic acids is 1. The van der Waals surface area contributed by atoms with Crippen molar-refractivity contribution in [3.05, 3.63) is 35.4 Å². The minimum atomic E-state index is -0.982. The molecule has 1 N–H and O–H groups in total. The summed E-state index contributed by atoms with van der Waals surface area (Å²) in [5, 5.41) is 11.0. The molecule has 0 spiro atoms. The van der Waals surface area contributed by atoms with E-state index in [1.54, 1.807) is 0 Å². The minimum absolute atomic E-state index is 0.118. The van der Waals surface area contributed by atoms with Gasteiger partial charge in [-0.2, -0.15) is 0 Å². The summed E-state index contributed by atoms with van der Waals surface area (Å²) in [4.78, 5) is 14.7. The normalized spacial score (nSPS) is 29.1. The highest BCUT2D eigenvalue weighted by Gasteiger charge is 2.50. The van der Waals surface area contributed by atoms with Crippen molar-refractivity contribution in [3.8, 4) is 11.8 Å². The van der Waals surface area contributed by atoms with Gasteiger partial charge >= 0.3 is 0 Å². The van der Waals surface area contributed by atoms with E-state index in [0.29, 0.717) is 12.8 Å². The summed E-state index contributed by atoms with van der Waals surface area (Å²) in [6.07, 6.45) is 3.07. The molecule has 0 saturated carbocycles. The van der Waals surface area contributed by atoms with Crippen LogP contribution in [0.2, 0.25) is 0 Å². The van der Waals surface area contributed by atoms with E-state index < -0.39 is 5.60 Å². The fourth-order valence-electron chi connectivity index (χ4n) is 3.96. The van der Waals surface area contributed by atoms with Crippen molar-refractivity contribution >= 4 is 5.91 Å². The number of nitrogens with zero attached hydrogens (tertiary/aromatic N) is 1. The van der Waals surface area contributed by atoms with E-state index in [1.165, 1.54) is 5.56 Å². The number of aryl methyl sites for hydroxylation is 1. The van der Waals surface area contributed by atoms with Crippen LogP contribution in [0, 0.1) is 24.2 Å². The molecule has 3 rings (SSSR count). The van der Waals surface area contributed by atoms with E-state index in [0.717, 1.165) is 18.4 Å². The van der Waals surface area contributed by atoms with Crippen LogP contribution >= 0.6 is 0 Å². The zero-order chi connectivity index (χ0) is 17.5. The van der Waals surface area contributed by atoms with Gasteiger partial charge in [-0.05, 0) is 37.5 Å². The summed E-state index contributed by atoms with van der Waals surface area (Å²) < 4.78 is 0. The van der Waals surface area contributed by atoms with Gasteiger partial charge < -0.3 is 10.0 Å². The highest BCUT2D eigenvalue weighted by atomic mass is 16.3. The fraction of sp³-hybridized carbons (Fsp3) is 0.571. The monoisotopic (exact) mass is 325 g/mol. The number of hydrogen-bond donors (Lipinski definition) is 1. The SMILES string of the molecule is Cc1cccc(C#CC2(O)C[C@H]3CC[C@@H](C2)N3C(=O)C(C)(C)C)c1. The number of rotatable bonds is 0. The number of amides is 1. The van der Waals surface area contributed by atoms with E-state index >= 15 is 0 Å². The third kappa shape index (κ3) is 3.35. The van der Waals surface area contributed by atoms with Gasteiger partial charge in [0.1, 0.15) is 5.60 Å². The fourth-order valence-corrected chi connectivity index (χ4v) is 3.96. The second-order valence-electron chi connectivity index (χ2n) is 8.41. The van der Waals surface area contributed by atoms with Crippen molar-refractivity contribution in [1.29, 1.82) is 0 Å². The van der Waals surface area contributed by atoms with Gasteiger partial charge in [0.25, 0.3) is 0 Å². The molecule has 0 aliphatic carbocycles. The molecule has 1 aromatic carbocycles. The quantitative estimate of drug-likeness (QED) is 0.744. The Morgan fingerprint density at radius 1 is 1.25 bits per heavy atom. The molecule has 2 saturated heterocycles. The number of fused-ring (bicyclic) bond motifs is 2. The first kappa shape index (κ1) is 17.0. The number of benzene rings is 1. The van der Waals surface area contributed by atoms with Crippen molar-refractivity contribution in [3.63, 3.8) is 0 Å². The second kappa shape index (κ2) is 5.93. The van der Waals surface area contributed by atoms with Crippen LogP contribution in [0.15, 0.2) is 24.3 Å². The van der Waals surface area contributed by atoms with Gasteiger partial charge in [-0.15, -0.1) is 0 Å². The van der Waals surface area contributed by atoms with E-state index in [2.05, 4.69) is 11.8 Å². The zero-order valence-electron chi connectivity index (χ0n) is 15.1. The first-order valence-corrected chi connectivity index (χ1v) is 8.83. The molecule has 0 radical (unpaired) electrons. The van der Waals surface area contributed by atoms with Crippen LogP contribution in [-0.2, 0) is 4.79 Å². The lowest BCUT2D eigenvalue weighted by atomic mass is 9.84. The van der Waals surface area contributed by atoms with Gasteiger partial charge in [0.15, 0.2) is 0 Å². The van der Waals surface area contributed by atoms with Gasteiger partial charge in [0.2, 0.25) is 5.91 Å². The smallest absolute Gasteiger partial charge is 0.228 e. The van der Waals surface area contributed by atoms with Crippen LogP contribution in [0.1, 0.15) is 57.6 Å². The maximum atomic E-state index is 12.7. The van der Waals surface area contributed by atoms with Crippen molar-refractivity contribution in [2.75, 3.05) is 0 Å². The number of aliphatic hydroxyl groups is 1. The van der Waals surface area contributed by atoms with E-state index in [4.69, 9.17) is 0 Å². The molecule has 2 aliphatic heterocycles. The molecule has 3 atom stereocenters. The Morgan fingerprint density at radius 3 is 2.42 bits per heavy atom. The topological polar surface area (TPSA) is 40.5 Å². The highest BCUT2D eigenvalue weighted by molar-refractivity contribution is 5.82. The summed E-state index contributed by atoms with van der Waals surface area (Å²) in [7, 11) is 0. The molecular formula is C21H27NO2. The molecule has 24 heavy (non-hydrogen) atoms. The summed E-state index contributed by atoms with van der Waals surface area (Å²) in [6.45, 7) is 7.93. The maximum Gasteiger partial charge on any atom is 0.228 e. The Balaban J connectivity index is 1.79. The summed E-state index contributed by atoms with van der Waals surface area (Å²) in [5.41, 5.74) is 0.747. The second-order valence-corrected chi connectivity index (χ2v) is 8.41. The molecule has 3 heteroatoms. The predicted octanol–water partition coefficient (Wildman–Crippen LogP) is 3.28. The standard InChI is InChI=1S/C21H27NO2/c1-15-6-5-7-16(12-15)10-11-21(24)13-17-8-9-18(14-21)22(17)19(23)20(2,3)4/h5-7,12,17-18,24H,8-9,13-14H2,1-4H3/t17-,18+,21?. The van der Waals surface area contributed by atoms with E-state index in [-0.39, 0.29) is 23.4 Å². The van der Waals surface area contributed by atoms with Crippen molar-refractivity contribution < 1.29 is 9.90 Å². The van der Waals surface area contributed by atoms with E-state index in [9.17, 15) is 9.90 Å². The number of hydrogen-bond acceptors (Lipinski definition) is 2. The average Bonchev–Trinajstić information content (AvgIpc) is 2.76. The third-order valence-electron chi connectivity index (χ3n) is 5.10. The Labute approximate surface area is 145 Å². The molecule has 2 heterocycles. The van der Waals surface area contributed by atoms with Crippen LogP contribution in [0.5, 0.6) is 0 Å². The molecule has 1 amide bonds. The summed E-state index contributed by atoms with van der Waals surface area (Å²) in [5.74, 6) is 6.44. The van der Waals surface area contributed by atoms with Gasteiger partial charge in [-0.1, -0.05) is 44.7 Å². The van der Waals surface area contributed by atoms with Crippen molar-refractivity contribution in [2.24, 2.45) is 5.41 Å². The summed E-state index contributed by atoms with van der Waals surface area (Å²) >= 11 is 0. The number of piperidine rings is 1. The molecule has 1 unspecified atom stereocenters. The van der Waals surface area contributed by atoms with Gasteiger partial charge in [-0.25, -0.2) is 0 Å².